The summed E-state index contributed by atoms with van der Waals surface area (Å²) in [6, 6.07) is 4.29. The monoisotopic (exact) mass is 593 g/mol. The van der Waals surface area contributed by atoms with E-state index >= 15 is 0 Å². The molecule has 12 heteroatoms. The van der Waals surface area contributed by atoms with Crippen LogP contribution in [0.1, 0.15) is 72.8 Å². The highest BCUT2D eigenvalue weighted by molar-refractivity contribution is 7.16. The van der Waals surface area contributed by atoms with Gasteiger partial charge >= 0.3 is 0 Å². The molecule has 3 aromatic heterocycles. The summed E-state index contributed by atoms with van der Waals surface area (Å²) < 4.78 is 33.1. The lowest BCUT2D eigenvalue weighted by molar-refractivity contribution is 0.113. The largest absolute Gasteiger partial charge is 0.473 e. The van der Waals surface area contributed by atoms with Crippen LogP contribution in [0.25, 0.3) is 11.5 Å². The number of thiophene rings is 1. The van der Waals surface area contributed by atoms with Gasteiger partial charge in [-0.05, 0) is 77.4 Å². The number of nitrogens with zero attached hydrogens (tertiary/aromatic N) is 5. The van der Waals surface area contributed by atoms with Gasteiger partial charge in [-0.3, -0.25) is 4.90 Å². The quantitative estimate of drug-likeness (QED) is 0.429. The van der Waals surface area contributed by atoms with Crippen LogP contribution in [0.15, 0.2) is 10.6 Å². The molecule has 10 nitrogen and oxygen atoms in total. The second kappa shape index (κ2) is 10.8. The number of nitrogens with one attached hydrogen (secondary N) is 1. The van der Waals surface area contributed by atoms with Gasteiger partial charge in [0.2, 0.25) is 11.8 Å². The van der Waals surface area contributed by atoms with Crippen molar-refractivity contribution in [1.29, 1.82) is 5.26 Å². The van der Waals surface area contributed by atoms with Gasteiger partial charge in [0.15, 0.2) is 23.5 Å². The first kappa shape index (κ1) is 27.6. The first-order valence-corrected chi connectivity index (χ1v) is 15.8. The van der Waals surface area contributed by atoms with Crippen molar-refractivity contribution >= 4 is 16.3 Å². The minimum Gasteiger partial charge on any atom is -0.473 e. The van der Waals surface area contributed by atoms with Gasteiger partial charge in [0, 0.05) is 29.6 Å². The van der Waals surface area contributed by atoms with Crippen LogP contribution in [0.4, 0.5) is 9.39 Å². The molecule has 0 aromatic carbocycles. The van der Waals surface area contributed by atoms with E-state index in [2.05, 4.69) is 35.4 Å². The minimum absolute atomic E-state index is 0.112. The SMILES string of the molecule is C[C@H](Oc1cc(O[C@@H]2CNC[C@@H]2F)nc(-c2noc3c2CCC[C@@]32CCCc3sc(N)c(C#N)c32)n1)[C@@H]1CCCN1C. The summed E-state index contributed by atoms with van der Waals surface area (Å²) in [6.45, 7) is 3.73. The summed E-state index contributed by atoms with van der Waals surface area (Å²) >= 11 is 1.52. The highest BCUT2D eigenvalue weighted by atomic mass is 32.1. The van der Waals surface area contributed by atoms with E-state index in [1.807, 2.05) is 0 Å². The number of likely N-dealkylation sites (tertiary alicyclic amines) is 1. The zero-order chi connectivity index (χ0) is 29.0. The number of hydrogen-bond donors (Lipinski definition) is 2. The second-order valence-electron chi connectivity index (χ2n) is 12.1. The highest BCUT2D eigenvalue weighted by Gasteiger charge is 2.49. The van der Waals surface area contributed by atoms with E-state index in [-0.39, 0.29) is 24.6 Å². The number of halogens is 1. The zero-order valence-electron chi connectivity index (χ0n) is 24.0. The van der Waals surface area contributed by atoms with E-state index in [0.717, 1.165) is 74.8 Å². The second-order valence-corrected chi connectivity index (χ2v) is 13.2. The fraction of sp³-hybridized carbons (Fsp3) is 0.600. The van der Waals surface area contributed by atoms with Crippen LogP contribution in [0, 0.1) is 11.3 Å². The predicted octanol–water partition coefficient (Wildman–Crippen LogP) is 4.16. The number of likely N-dealkylation sites (N-methyl/N-ethyl adjacent to an activating group) is 1. The van der Waals surface area contributed by atoms with Crippen LogP contribution in [-0.4, -0.2) is 71.1 Å². The topological polar surface area (TPSA) is 135 Å². The molecule has 2 saturated heterocycles. The third kappa shape index (κ3) is 4.53. The van der Waals surface area contributed by atoms with Gasteiger partial charge in [0.05, 0.1) is 17.0 Å². The minimum atomic E-state index is -1.13. The molecule has 3 N–H and O–H groups in total. The number of hydrogen-bond acceptors (Lipinski definition) is 11. The normalized spacial score (nSPS) is 27.9. The zero-order valence-corrected chi connectivity index (χ0v) is 24.8. The standard InChI is InChI=1S/C30H36FN7O3S/c1-16(20-7-5-11-38(20)2)39-23-12-24(40-21-15-34-14-19(21)31)36-29(35-23)26-17-6-3-9-30(27(17)41-37-26)10-4-8-22-25(30)18(13-32)28(33)42-22/h12,16,19-21,34H,3-11,14-15,33H2,1-2H3/t16-,19-,20-,21+,30-/m0/s1. The Morgan fingerprint density at radius 1 is 1.24 bits per heavy atom. The fourth-order valence-corrected chi connectivity index (χ4v) is 8.70. The van der Waals surface area contributed by atoms with Gasteiger partial charge in [0.25, 0.3) is 0 Å². The molecule has 0 bridgehead atoms. The third-order valence-electron chi connectivity index (χ3n) is 9.54. The molecule has 0 radical (unpaired) electrons. The molecule has 4 aliphatic rings. The van der Waals surface area contributed by atoms with Crippen molar-refractivity contribution in [2.75, 3.05) is 32.4 Å². The van der Waals surface area contributed by atoms with Gasteiger partial charge in [-0.25, -0.2) is 4.39 Å². The summed E-state index contributed by atoms with van der Waals surface area (Å²) in [5.74, 6) is 1.72. The van der Waals surface area contributed by atoms with Crippen LogP contribution in [0.3, 0.4) is 0 Å². The Morgan fingerprint density at radius 2 is 2.05 bits per heavy atom. The van der Waals surface area contributed by atoms with Gasteiger partial charge in [-0.2, -0.15) is 15.2 Å². The Balaban J connectivity index is 1.29. The van der Waals surface area contributed by atoms with Crippen molar-refractivity contribution < 1.29 is 18.4 Å². The summed E-state index contributed by atoms with van der Waals surface area (Å²) in [5.41, 5.74) is 8.93. The number of anilines is 1. The Bertz CT molecular complexity index is 1530. The lowest BCUT2D eigenvalue weighted by Gasteiger charge is -2.39. The van der Waals surface area contributed by atoms with E-state index in [1.165, 1.54) is 16.2 Å². The van der Waals surface area contributed by atoms with Crippen molar-refractivity contribution in [1.82, 2.24) is 25.3 Å². The maximum Gasteiger partial charge on any atom is 0.221 e. The van der Waals surface area contributed by atoms with Gasteiger partial charge in [-0.1, -0.05) is 5.16 Å². The molecule has 2 fully saturated rings. The Kier molecular flexibility index (Phi) is 7.07. The van der Waals surface area contributed by atoms with Gasteiger partial charge in [0.1, 0.15) is 23.3 Å². The number of nitrogen functional groups attached to an aromatic ring is 1. The summed E-state index contributed by atoms with van der Waals surface area (Å²) in [5, 5.41) is 18.2. The summed E-state index contributed by atoms with van der Waals surface area (Å²) in [7, 11) is 2.11. The van der Waals surface area contributed by atoms with Crippen LogP contribution in [-0.2, 0) is 18.3 Å². The van der Waals surface area contributed by atoms with Crippen molar-refractivity contribution in [2.45, 2.75) is 88.1 Å². The predicted molar refractivity (Wildman–Crippen MR) is 156 cm³/mol. The molecule has 42 heavy (non-hydrogen) atoms. The van der Waals surface area contributed by atoms with Crippen molar-refractivity contribution in [3.8, 4) is 29.3 Å². The van der Waals surface area contributed by atoms with E-state index in [1.54, 1.807) is 6.07 Å². The van der Waals surface area contributed by atoms with Crippen LogP contribution >= 0.6 is 11.3 Å². The number of aryl methyl sites for hydroxylation is 1. The average Bonchev–Trinajstić information content (AvgIpc) is 3.76. The lowest BCUT2D eigenvalue weighted by atomic mass is 9.63. The van der Waals surface area contributed by atoms with E-state index < -0.39 is 17.7 Å². The molecule has 1 spiro atoms. The van der Waals surface area contributed by atoms with E-state index in [9.17, 15) is 9.65 Å². The molecule has 222 valence electrons. The van der Waals surface area contributed by atoms with Crippen molar-refractivity contribution in [2.24, 2.45) is 0 Å². The van der Waals surface area contributed by atoms with Gasteiger partial charge < -0.3 is 25.0 Å². The highest BCUT2D eigenvalue weighted by Crippen LogP contribution is 2.55. The number of rotatable bonds is 6. The molecule has 2 aliphatic carbocycles. The van der Waals surface area contributed by atoms with Crippen molar-refractivity contribution in [3.63, 3.8) is 0 Å². The molecule has 5 atom stereocenters. The number of nitriles is 1. The molecule has 0 saturated carbocycles. The first-order chi connectivity index (χ1) is 20.4. The number of aromatic nitrogens is 3. The molecule has 2 aliphatic heterocycles. The summed E-state index contributed by atoms with van der Waals surface area (Å²) in [6.07, 6.45) is 5.56. The van der Waals surface area contributed by atoms with Crippen LogP contribution in [0.2, 0.25) is 0 Å². The lowest BCUT2D eigenvalue weighted by Crippen LogP contribution is -2.38. The molecule has 3 aromatic rings. The Labute approximate surface area is 248 Å². The maximum absolute atomic E-state index is 14.5. The van der Waals surface area contributed by atoms with Gasteiger partial charge in [-0.15, -0.1) is 11.3 Å². The third-order valence-corrected chi connectivity index (χ3v) is 10.6. The molecular weight excluding hydrogens is 557 g/mol. The number of fused-ring (bicyclic) bond motifs is 4. The molecular formula is C30H36FN7O3S. The maximum atomic E-state index is 14.5. The Hall–Kier alpha value is -3.27. The smallest absolute Gasteiger partial charge is 0.221 e. The fourth-order valence-electron chi connectivity index (χ4n) is 7.54. The molecule has 5 heterocycles. The number of nitrogens with two attached hydrogens (primary N) is 1. The number of alkyl halides is 1. The number of ether oxygens (including phenoxy) is 2. The van der Waals surface area contributed by atoms with Crippen LogP contribution in [0.5, 0.6) is 11.8 Å². The molecule has 0 amide bonds. The first-order valence-electron chi connectivity index (χ1n) is 15.0. The van der Waals surface area contributed by atoms with E-state index in [4.69, 9.17) is 29.7 Å². The molecule has 0 unspecified atom stereocenters. The molecule has 7 rings (SSSR count). The van der Waals surface area contributed by atoms with Crippen LogP contribution < -0.4 is 20.5 Å². The Morgan fingerprint density at radius 3 is 2.79 bits per heavy atom. The van der Waals surface area contributed by atoms with Crippen molar-refractivity contribution in [3.05, 3.63) is 33.4 Å². The average molecular weight is 594 g/mol. The van der Waals surface area contributed by atoms with E-state index in [0.29, 0.717) is 34.5 Å². The summed E-state index contributed by atoms with van der Waals surface area (Å²) in [4.78, 5) is 13.0.